The van der Waals surface area contributed by atoms with E-state index in [0.29, 0.717) is 33.7 Å². The van der Waals surface area contributed by atoms with Gasteiger partial charge in [0.2, 0.25) is 0 Å². The Labute approximate surface area is 273 Å². The maximum Gasteiger partial charge on any atom is 0.255 e. The summed E-state index contributed by atoms with van der Waals surface area (Å²) in [6.07, 6.45) is 1.47. The van der Waals surface area contributed by atoms with Gasteiger partial charge in [0.1, 0.15) is 23.9 Å². The topological polar surface area (TPSA) is 147 Å². The molecule has 1 amide bonds. The first-order valence-electron chi connectivity index (χ1n) is 14.9. The van der Waals surface area contributed by atoms with Crippen molar-refractivity contribution in [1.82, 2.24) is 10.2 Å². The van der Waals surface area contributed by atoms with Crippen LogP contribution >= 0.6 is 23.2 Å². The third kappa shape index (κ3) is 9.70. The molecule has 1 atom stereocenters. The SMILES string of the molecule is Cc1c(OCCCN2CC[C@@H](O)C2)cccc1-c1cccc(COc2cc(OCC(N)=O)c(CNC(CO)CO)cc2Cl)c1Cl. The van der Waals surface area contributed by atoms with Crippen LogP contribution in [0.25, 0.3) is 11.1 Å². The van der Waals surface area contributed by atoms with E-state index >= 15 is 0 Å². The van der Waals surface area contributed by atoms with Gasteiger partial charge in [-0.25, -0.2) is 0 Å². The van der Waals surface area contributed by atoms with Crippen LogP contribution in [-0.2, 0) is 17.9 Å². The molecule has 1 aliphatic heterocycles. The van der Waals surface area contributed by atoms with Gasteiger partial charge in [0, 0.05) is 48.9 Å². The molecule has 4 rings (SSSR count). The summed E-state index contributed by atoms with van der Waals surface area (Å²) in [5.74, 6) is 0.782. The van der Waals surface area contributed by atoms with Gasteiger partial charge in [-0.3, -0.25) is 4.79 Å². The van der Waals surface area contributed by atoms with Crippen LogP contribution in [0.1, 0.15) is 29.5 Å². The molecule has 244 valence electrons. The van der Waals surface area contributed by atoms with E-state index in [-0.39, 0.29) is 39.1 Å². The number of amides is 1. The summed E-state index contributed by atoms with van der Waals surface area (Å²) >= 11 is 13.5. The van der Waals surface area contributed by atoms with Crippen LogP contribution in [0.15, 0.2) is 48.5 Å². The molecular weight excluding hydrogens is 621 g/mol. The summed E-state index contributed by atoms with van der Waals surface area (Å²) in [4.78, 5) is 13.6. The zero-order valence-electron chi connectivity index (χ0n) is 25.3. The molecule has 3 aromatic rings. The van der Waals surface area contributed by atoms with Crippen LogP contribution in [0.5, 0.6) is 17.2 Å². The van der Waals surface area contributed by atoms with Gasteiger partial charge in [-0.1, -0.05) is 53.5 Å². The molecule has 0 saturated carbocycles. The molecule has 10 nitrogen and oxygen atoms in total. The monoisotopic (exact) mass is 661 g/mol. The average Bonchev–Trinajstić information content (AvgIpc) is 3.44. The quantitative estimate of drug-likeness (QED) is 0.137. The van der Waals surface area contributed by atoms with Gasteiger partial charge < -0.3 is 45.5 Å². The number of nitrogens with two attached hydrogens (primary N) is 1. The Bertz CT molecular complexity index is 1440. The third-order valence-corrected chi connectivity index (χ3v) is 8.41. The van der Waals surface area contributed by atoms with Crippen molar-refractivity contribution in [2.75, 3.05) is 46.1 Å². The number of rotatable bonds is 17. The molecule has 0 unspecified atom stereocenters. The maximum absolute atomic E-state index is 11.4. The van der Waals surface area contributed by atoms with Crippen molar-refractivity contribution in [3.8, 4) is 28.4 Å². The minimum atomic E-state index is -0.647. The molecule has 45 heavy (non-hydrogen) atoms. The number of aliphatic hydroxyl groups is 3. The second-order valence-corrected chi connectivity index (χ2v) is 11.8. The molecular formula is C33H41Cl2N3O7. The first kappa shape index (κ1) is 34.8. The number of carbonyl (C=O) groups is 1. The normalized spacial score (nSPS) is 15.0. The summed E-state index contributed by atoms with van der Waals surface area (Å²) in [6, 6.07) is 14.3. The molecule has 3 aromatic carbocycles. The summed E-state index contributed by atoms with van der Waals surface area (Å²) < 4.78 is 17.8. The summed E-state index contributed by atoms with van der Waals surface area (Å²) in [7, 11) is 0. The van der Waals surface area contributed by atoms with Gasteiger partial charge in [0.25, 0.3) is 5.91 Å². The zero-order valence-corrected chi connectivity index (χ0v) is 26.8. The lowest BCUT2D eigenvalue weighted by atomic mass is 9.98. The minimum Gasteiger partial charge on any atom is -0.493 e. The molecule has 0 spiro atoms. The standard InChI is InChI=1S/C33H41Cl2N3O7/c1-21-26(6-3-8-29(21)43-12-4-10-38-11-9-25(41)16-38)27-7-2-5-22(33(27)35)19-44-31-14-30(45-20-32(36)42)23(13-28(31)34)15-37-24(17-39)18-40/h2-3,5-8,13-14,24-25,37,39-41H,4,9-12,15-20H2,1H3,(H2,36,42)/t25-/m1/s1. The highest BCUT2D eigenvalue weighted by Crippen LogP contribution is 2.38. The molecule has 1 saturated heterocycles. The molecule has 1 aliphatic rings. The van der Waals surface area contributed by atoms with Crippen LogP contribution in [0, 0.1) is 6.92 Å². The van der Waals surface area contributed by atoms with Crippen molar-refractivity contribution in [3.05, 3.63) is 75.3 Å². The zero-order chi connectivity index (χ0) is 32.3. The van der Waals surface area contributed by atoms with E-state index in [4.69, 9.17) is 43.1 Å². The number of halogens is 2. The molecule has 0 aliphatic carbocycles. The number of hydrogen-bond acceptors (Lipinski definition) is 9. The predicted octanol–water partition coefficient (Wildman–Crippen LogP) is 3.69. The number of β-amino-alcohol motifs (C(OH)–C–C–N with tert-alkyl or cyclic N) is 1. The number of primary amides is 1. The summed E-state index contributed by atoms with van der Waals surface area (Å²) in [5, 5.41) is 32.3. The summed E-state index contributed by atoms with van der Waals surface area (Å²) in [5.41, 5.74) is 9.37. The molecule has 1 heterocycles. The van der Waals surface area contributed by atoms with Crippen LogP contribution in [0.4, 0.5) is 0 Å². The molecule has 1 fully saturated rings. The molecule has 0 bridgehead atoms. The Morgan fingerprint density at radius 3 is 2.49 bits per heavy atom. The van der Waals surface area contributed by atoms with Crippen molar-refractivity contribution in [2.24, 2.45) is 5.73 Å². The van der Waals surface area contributed by atoms with E-state index in [0.717, 1.165) is 60.5 Å². The van der Waals surface area contributed by atoms with Crippen LogP contribution in [0.2, 0.25) is 10.0 Å². The van der Waals surface area contributed by atoms with E-state index in [1.54, 1.807) is 12.1 Å². The fourth-order valence-corrected chi connectivity index (χ4v) is 5.68. The van der Waals surface area contributed by atoms with Crippen molar-refractivity contribution in [1.29, 1.82) is 0 Å². The lowest BCUT2D eigenvalue weighted by molar-refractivity contribution is -0.119. The lowest BCUT2D eigenvalue weighted by Crippen LogP contribution is -2.35. The van der Waals surface area contributed by atoms with Gasteiger partial charge in [-0.05, 0) is 43.0 Å². The van der Waals surface area contributed by atoms with Crippen LogP contribution in [0.3, 0.4) is 0 Å². The van der Waals surface area contributed by atoms with Crippen LogP contribution in [-0.4, -0.2) is 84.3 Å². The average molecular weight is 663 g/mol. The van der Waals surface area contributed by atoms with Crippen LogP contribution < -0.4 is 25.3 Å². The minimum absolute atomic E-state index is 0.108. The van der Waals surface area contributed by atoms with E-state index in [1.165, 1.54) is 0 Å². The second kappa shape index (κ2) is 17.0. The highest BCUT2D eigenvalue weighted by molar-refractivity contribution is 6.34. The predicted molar refractivity (Wildman–Crippen MR) is 174 cm³/mol. The Balaban J connectivity index is 1.46. The van der Waals surface area contributed by atoms with Gasteiger partial charge in [0.15, 0.2) is 6.61 Å². The van der Waals surface area contributed by atoms with E-state index in [1.807, 2.05) is 43.3 Å². The van der Waals surface area contributed by atoms with Crippen molar-refractivity contribution in [3.63, 3.8) is 0 Å². The Kier molecular flexibility index (Phi) is 13.1. The number of ether oxygens (including phenoxy) is 3. The largest absolute Gasteiger partial charge is 0.493 e. The van der Waals surface area contributed by atoms with E-state index in [2.05, 4.69) is 10.2 Å². The molecule has 6 N–H and O–H groups in total. The van der Waals surface area contributed by atoms with Gasteiger partial charge in [-0.2, -0.15) is 0 Å². The number of benzene rings is 3. The second-order valence-electron chi connectivity index (χ2n) is 11.0. The Hall–Kier alpha value is -3.09. The van der Waals surface area contributed by atoms with Gasteiger partial charge >= 0.3 is 0 Å². The van der Waals surface area contributed by atoms with Crippen molar-refractivity contribution in [2.45, 2.75) is 45.1 Å². The molecule has 0 aromatic heterocycles. The Morgan fingerprint density at radius 2 is 1.78 bits per heavy atom. The Morgan fingerprint density at radius 1 is 1.02 bits per heavy atom. The third-order valence-electron chi connectivity index (χ3n) is 7.67. The van der Waals surface area contributed by atoms with Gasteiger partial charge in [0.05, 0.1) is 42.0 Å². The fourth-order valence-electron chi connectivity index (χ4n) is 5.15. The number of nitrogens with one attached hydrogen (secondary N) is 1. The van der Waals surface area contributed by atoms with E-state index < -0.39 is 11.9 Å². The number of likely N-dealkylation sites (tertiary alicyclic amines) is 1. The first-order valence-corrected chi connectivity index (χ1v) is 15.7. The number of carbonyl (C=O) groups excluding carboxylic acids is 1. The highest BCUT2D eigenvalue weighted by atomic mass is 35.5. The van der Waals surface area contributed by atoms with Crippen molar-refractivity contribution < 1.29 is 34.3 Å². The lowest BCUT2D eigenvalue weighted by Gasteiger charge is -2.19. The molecule has 12 heteroatoms. The smallest absolute Gasteiger partial charge is 0.255 e. The summed E-state index contributed by atoms with van der Waals surface area (Å²) in [6.45, 7) is 4.56. The number of hydrogen-bond donors (Lipinski definition) is 5. The fraction of sp³-hybridized carbons (Fsp3) is 0.424. The molecule has 0 radical (unpaired) electrons. The number of aliphatic hydroxyl groups excluding tert-OH is 3. The highest BCUT2D eigenvalue weighted by Gasteiger charge is 2.20. The maximum atomic E-state index is 11.4. The van der Waals surface area contributed by atoms with Crippen molar-refractivity contribution >= 4 is 29.1 Å². The number of nitrogens with zero attached hydrogens (tertiary/aromatic N) is 1. The van der Waals surface area contributed by atoms with E-state index in [9.17, 15) is 20.1 Å². The first-order chi connectivity index (χ1) is 21.7. The van der Waals surface area contributed by atoms with Gasteiger partial charge in [-0.15, -0.1) is 0 Å².